The molecule has 3 rings (SSSR count). The van der Waals surface area contributed by atoms with E-state index in [4.69, 9.17) is 16.3 Å². The van der Waals surface area contributed by atoms with Crippen LogP contribution in [0.5, 0.6) is 0 Å². The summed E-state index contributed by atoms with van der Waals surface area (Å²) >= 11 is 7.54. The van der Waals surface area contributed by atoms with Crippen LogP contribution in [0.25, 0.3) is 10.1 Å². The van der Waals surface area contributed by atoms with Crippen molar-refractivity contribution in [1.82, 2.24) is 10.2 Å². The average molecular weight is 459 g/mol. The molecule has 0 atom stereocenters. The van der Waals surface area contributed by atoms with Crippen LogP contribution in [0, 0.1) is 0 Å². The first-order chi connectivity index (χ1) is 14.9. The molecule has 0 aliphatic carbocycles. The summed E-state index contributed by atoms with van der Waals surface area (Å²) in [5, 5.41) is 3.65. The number of thiophene rings is 1. The Morgan fingerprint density at radius 2 is 1.74 bits per heavy atom. The van der Waals surface area contributed by atoms with E-state index in [1.54, 1.807) is 4.90 Å². The molecule has 8 heteroatoms. The van der Waals surface area contributed by atoms with Crippen LogP contribution >= 0.6 is 22.9 Å². The fraction of sp³-hybridized carbons (Fsp3) is 0.261. The van der Waals surface area contributed by atoms with E-state index in [0.717, 1.165) is 15.6 Å². The van der Waals surface area contributed by atoms with Gasteiger partial charge >= 0.3 is 5.97 Å². The number of nitrogens with zero attached hydrogens (tertiary/aromatic N) is 1. The maximum Gasteiger partial charge on any atom is 0.325 e. The molecule has 6 nitrogen and oxygen atoms in total. The summed E-state index contributed by atoms with van der Waals surface area (Å²) in [6, 6.07) is 17.0. The van der Waals surface area contributed by atoms with Crippen molar-refractivity contribution >= 4 is 50.8 Å². The van der Waals surface area contributed by atoms with Crippen LogP contribution in [0.1, 0.15) is 29.1 Å². The number of nitrogens with one attached hydrogen (secondary N) is 1. The molecule has 0 unspecified atom stereocenters. The van der Waals surface area contributed by atoms with Gasteiger partial charge in [0.25, 0.3) is 11.8 Å². The minimum absolute atomic E-state index is 0.0544. The van der Waals surface area contributed by atoms with E-state index in [2.05, 4.69) is 5.32 Å². The summed E-state index contributed by atoms with van der Waals surface area (Å²) in [4.78, 5) is 39.0. The molecule has 0 saturated carbocycles. The number of halogens is 1. The molecular formula is C23H23ClN2O4S. The Balaban J connectivity index is 1.51. The second-order valence-electron chi connectivity index (χ2n) is 7.19. The van der Waals surface area contributed by atoms with Crippen LogP contribution in [0.3, 0.4) is 0 Å². The summed E-state index contributed by atoms with van der Waals surface area (Å²) in [6.45, 7) is 3.49. The van der Waals surface area contributed by atoms with Gasteiger partial charge in [-0.3, -0.25) is 14.4 Å². The van der Waals surface area contributed by atoms with Crippen molar-refractivity contribution in [3.05, 3.63) is 70.1 Å². The highest BCUT2D eigenvalue weighted by Crippen LogP contribution is 2.34. The van der Waals surface area contributed by atoms with Gasteiger partial charge in [-0.05, 0) is 25.5 Å². The zero-order valence-electron chi connectivity index (χ0n) is 17.3. The van der Waals surface area contributed by atoms with E-state index < -0.39 is 11.9 Å². The molecule has 0 aliphatic heterocycles. The molecule has 0 radical (unpaired) electrons. The number of carbonyl (C=O) groups is 3. The number of rotatable bonds is 8. The fourth-order valence-corrected chi connectivity index (χ4v) is 4.44. The Kier molecular flexibility index (Phi) is 7.65. The number of fused-ring (bicyclic) bond motifs is 1. The summed E-state index contributed by atoms with van der Waals surface area (Å²) in [6.07, 6.45) is 0. The highest BCUT2D eigenvalue weighted by molar-refractivity contribution is 7.21. The second-order valence-corrected chi connectivity index (χ2v) is 8.62. The van der Waals surface area contributed by atoms with Crippen molar-refractivity contribution in [3.8, 4) is 0 Å². The van der Waals surface area contributed by atoms with E-state index in [9.17, 15) is 14.4 Å². The first kappa shape index (κ1) is 22.8. The van der Waals surface area contributed by atoms with Crippen LogP contribution in [-0.2, 0) is 20.9 Å². The standard InChI is InChI=1S/C23H23ClN2O4S/c1-15(2)26(13-16-8-4-3-5-9-16)19(27)14-30-20(28)12-25-23(29)22-21(24)17-10-6-7-11-18(17)31-22/h3-11,15H,12-14H2,1-2H3,(H,25,29). The van der Waals surface area contributed by atoms with Gasteiger partial charge in [0, 0.05) is 22.7 Å². The van der Waals surface area contributed by atoms with Gasteiger partial charge in [-0.25, -0.2) is 0 Å². The molecular weight excluding hydrogens is 436 g/mol. The van der Waals surface area contributed by atoms with E-state index in [1.807, 2.05) is 68.4 Å². The first-order valence-corrected chi connectivity index (χ1v) is 11.0. The molecule has 1 heterocycles. The van der Waals surface area contributed by atoms with Gasteiger partial charge in [-0.1, -0.05) is 60.1 Å². The highest BCUT2D eigenvalue weighted by Gasteiger charge is 2.20. The van der Waals surface area contributed by atoms with Gasteiger partial charge in [0.2, 0.25) is 0 Å². The van der Waals surface area contributed by atoms with E-state index >= 15 is 0 Å². The van der Waals surface area contributed by atoms with Crippen LogP contribution < -0.4 is 5.32 Å². The van der Waals surface area contributed by atoms with Crippen molar-refractivity contribution in [2.45, 2.75) is 26.4 Å². The molecule has 2 amide bonds. The lowest BCUT2D eigenvalue weighted by Crippen LogP contribution is -2.40. The maximum atomic E-state index is 12.5. The third kappa shape index (κ3) is 5.83. The van der Waals surface area contributed by atoms with Crippen LogP contribution in [-0.4, -0.2) is 41.9 Å². The number of amides is 2. The minimum Gasteiger partial charge on any atom is -0.454 e. The Hall–Kier alpha value is -2.90. The van der Waals surface area contributed by atoms with Gasteiger partial charge < -0.3 is 15.0 Å². The third-order valence-corrected chi connectivity index (χ3v) is 6.30. The molecule has 0 bridgehead atoms. The maximum absolute atomic E-state index is 12.5. The lowest BCUT2D eigenvalue weighted by molar-refractivity contribution is -0.152. The lowest BCUT2D eigenvalue weighted by Gasteiger charge is -2.26. The highest BCUT2D eigenvalue weighted by atomic mass is 35.5. The average Bonchev–Trinajstić information content (AvgIpc) is 3.11. The summed E-state index contributed by atoms with van der Waals surface area (Å²) in [5.41, 5.74) is 0.989. The van der Waals surface area contributed by atoms with Gasteiger partial charge in [0.05, 0.1) is 5.02 Å². The summed E-state index contributed by atoms with van der Waals surface area (Å²) < 4.78 is 5.96. The molecule has 0 fully saturated rings. The molecule has 31 heavy (non-hydrogen) atoms. The fourth-order valence-electron chi connectivity index (χ4n) is 3.01. The summed E-state index contributed by atoms with van der Waals surface area (Å²) in [5.74, 6) is -1.45. The zero-order chi connectivity index (χ0) is 22.4. The Bertz CT molecular complexity index is 1080. The normalized spacial score (nSPS) is 10.8. The second kappa shape index (κ2) is 10.4. The smallest absolute Gasteiger partial charge is 0.325 e. The van der Waals surface area contributed by atoms with Crippen molar-refractivity contribution in [2.24, 2.45) is 0 Å². The van der Waals surface area contributed by atoms with Crippen molar-refractivity contribution in [2.75, 3.05) is 13.2 Å². The number of benzene rings is 2. The molecule has 2 aromatic carbocycles. The zero-order valence-corrected chi connectivity index (χ0v) is 18.8. The molecule has 0 saturated heterocycles. The topological polar surface area (TPSA) is 75.7 Å². The van der Waals surface area contributed by atoms with Crippen LogP contribution in [0.15, 0.2) is 54.6 Å². The van der Waals surface area contributed by atoms with Gasteiger partial charge in [0.1, 0.15) is 11.4 Å². The Labute approximate surface area is 189 Å². The monoisotopic (exact) mass is 458 g/mol. The predicted molar refractivity (Wildman–Crippen MR) is 122 cm³/mol. The number of carbonyl (C=O) groups excluding carboxylic acids is 3. The number of esters is 1. The van der Waals surface area contributed by atoms with Gasteiger partial charge in [-0.2, -0.15) is 0 Å². The van der Waals surface area contributed by atoms with E-state index in [0.29, 0.717) is 16.4 Å². The molecule has 0 aliphatic rings. The van der Waals surface area contributed by atoms with Crippen molar-refractivity contribution < 1.29 is 19.1 Å². The summed E-state index contributed by atoms with van der Waals surface area (Å²) in [7, 11) is 0. The van der Waals surface area contributed by atoms with E-state index in [1.165, 1.54) is 11.3 Å². The van der Waals surface area contributed by atoms with Crippen LogP contribution in [0.2, 0.25) is 5.02 Å². The molecule has 162 valence electrons. The number of hydrogen-bond acceptors (Lipinski definition) is 5. The quantitative estimate of drug-likeness (QED) is 0.511. The Morgan fingerprint density at radius 3 is 2.42 bits per heavy atom. The van der Waals surface area contributed by atoms with Crippen molar-refractivity contribution in [3.63, 3.8) is 0 Å². The predicted octanol–water partition coefficient (Wildman–Crippen LogP) is 4.26. The SMILES string of the molecule is CC(C)N(Cc1ccccc1)C(=O)COC(=O)CNC(=O)c1sc2ccccc2c1Cl. The van der Waals surface area contributed by atoms with E-state index in [-0.39, 0.29) is 25.1 Å². The number of ether oxygens (including phenoxy) is 1. The molecule has 3 aromatic rings. The van der Waals surface area contributed by atoms with Gasteiger partial charge in [0.15, 0.2) is 6.61 Å². The third-order valence-electron chi connectivity index (χ3n) is 4.63. The minimum atomic E-state index is -0.692. The Morgan fingerprint density at radius 1 is 1.06 bits per heavy atom. The number of hydrogen-bond donors (Lipinski definition) is 1. The largest absolute Gasteiger partial charge is 0.454 e. The van der Waals surface area contributed by atoms with Crippen LogP contribution in [0.4, 0.5) is 0 Å². The molecule has 1 aromatic heterocycles. The molecule has 1 N–H and O–H groups in total. The van der Waals surface area contributed by atoms with Gasteiger partial charge in [-0.15, -0.1) is 11.3 Å². The first-order valence-electron chi connectivity index (χ1n) is 9.81. The van der Waals surface area contributed by atoms with Crippen molar-refractivity contribution in [1.29, 1.82) is 0 Å². The lowest BCUT2D eigenvalue weighted by atomic mass is 10.2. The molecule has 0 spiro atoms.